The third-order valence-corrected chi connectivity index (χ3v) is 7.56. The second-order valence-electron chi connectivity index (χ2n) is 8.17. The van der Waals surface area contributed by atoms with E-state index >= 15 is 0 Å². The van der Waals surface area contributed by atoms with Crippen LogP contribution < -0.4 is 5.56 Å². The minimum absolute atomic E-state index is 0.0449. The predicted octanol–water partition coefficient (Wildman–Crippen LogP) is 2.99. The number of fused-ring (bicyclic) bond motifs is 1. The molecule has 174 valence electrons. The van der Waals surface area contributed by atoms with Crippen LogP contribution in [0.15, 0.2) is 58.2 Å². The number of rotatable bonds is 7. The van der Waals surface area contributed by atoms with E-state index in [0.717, 1.165) is 23.8 Å². The summed E-state index contributed by atoms with van der Waals surface area (Å²) in [6.45, 7) is 2.51. The number of ether oxygens (including phenoxy) is 2. The third-order valence-electron chi connectivity index (χ3n) is 5.75. The summed E-state index contributed by atoms with van der Waals surface area (Å²) in [5.41, 5.74) is 1.84. The van der Waals surface area contributed by atoms with E-state index in [0.29, 0.717) is 17.7 Å². The number of nitrogens with one attached hydrogen (secondary N) is 1. The highest BCUT2D eigenvalue weighted by Gasteiger charge is 2.30. The van der Waals surface area contributed by atoms with Gasteiger partial charge < -0.3 is 14.5 Å². The standard InChI is InChI=1S/C24H26N2O6S/c1-16-8-9-22-18(11-16)12-19(23(27)25-22)14-26(15-20-6-4-10-32-20)33(29,30)21-7-3-5-17(13-21)24(28)31-2/h3,5,7-9,11-13,20H,4,6,10,14-15H2,1-2H3,(H,25,27)/t20-/m1/s1. The molecule has 4 rings (SSSR count). The average Bonchev–Trinajstić information content (AvgIpc) is 3.32. The van der Waals surface area contributed by atoms with E-state index in [1.807, 2.05) is 25.1 Å². The van der Waals surface area contributed by atoms with E-state index in [1.165, 1.54) is 35.7 Å². The predicted molar refractivity (Wildman–Crippen MR) is 124 cm³/mol. The number of hydrogen-bond acceptors (Lipinski definition) is 6. The Bertz CT molecular complexity index is 1340. The first-order valence-corrected chi connectivity index (χ1v) is 12.1. The van der Waals surface area contributed by atoms with E-state index in [-0.39, 0.29) is 35.2 Å². The van der Waals surface area contributed by atoms with Gasteiger partial charge in [-0.05, 0) is 61.5 Å². The van der Waals surface area contributed by atoms with Crippen molar-refractivity contribution in [1.29, 1.82) is 0 Å². The fourth-order valence-electron chi connectivity index (χ4n) is 3.99. The van der Waals surface area contributed by atoms with Crippen LogP contribution in [0.4, 0.5) is 0 Å². The Morgan fingerprint density at radius 3 is 2.76 bits per heavy atom. The lowest BCUT2D eigenvalue weighted by Crippen LogP contribution is -2.38. The molecule has 0 aliphatic carbocycles. The third kappa shape index (κ3) is 5.00. The van der Waals surface area contributed by atoms with Crippen LogP contribution in [0.3, 0.4) is 0 Å². The first-order valence-electron chi connectivity index (χ1n) is 10.7. The number of hydrogen-bond donors (Lipinski definition) is 1. The normalized spacial score (nSPS) is 16.4. The van der Waals surface area contributed by atoms with Gasteiger partial charge in [-0.15, -0.1) is 0 Å². The molecule has 1 aromatic heterocycles. The van der Waals surface area contributed by atoms with Crippen LogP contribution in [-0.4, -0.2) is 50.0 Å². The van der Waals surface area contributed by atoms with Crippen molar-refractivity contribution in [3.8, 4) is 0 Å². The number of carbonyl (C=O) groups is 1. The Morgan fingerprint density at radius 1 is 1.21 bits per heavy atom. The van der Waals surface area contributed by atoms with Gasteiger partial charge in [0.05, 0.1) is 23.7 Å². The molecule has 1 fully saturated rings. The molecule has 2 aromatic carbocycles. The van der Waals surface area contributed by atoms with Gasteiger partial charge in [0.25, 0.3) is 5.56 Å². The van der Waals surface area contributed by atoms with Gasteiger partial charge in [-0.3, -0.25) is 4.79 Å². The van der Waals surface area contributed by atoms with Crippen molar-refractivity contribution in [2.24, 2.45) is 0 Å². The number of sulfonamides is 1. The average molecular weight is 471 g/mol. The highest BCUT2D eigenvalue weighted by molar-refractivity contribution is 7.89. The van der Waals surface area contributed by atoms with Gasteiger partial charge in [0.15, 0.2) is 0 Å². The molecular weight excluding hydrogens is 444 g/mol. The van der Waals surface area contributed by atoms with Crippen molar-refractivity contribution in [2.45, 2.75) is 37.3 Å². The van der Waals surface area contributed by atoms with Crippen molar-refractivity contribution >= 4 is 26.9 Å². The summed E-state index contributed by atoms with van der Waals surface area (Å²) >= 11 is 0. The number of methoxy groups -OCH3 is 1. The van der Waals surface area contributed by atoms with Gasteiger partial charge in [0.1, 0.15) is 0 Å². The number of aromatic amines is 1. The van der Waals surface area contributed by atoms with Gasteiger partial charge >= 0.3 is 5.97 Å². The smallest absolute Gasteiger partial charge is 0.337 e. The van der Waals surface area contributed by atoms with Crippen molar-refractivity contribution < 1.29 is 22.7 Å². The summed E-state index contributed by atoms with van der Waals surface area (Å²) in [6, 6.07) is 13.1. The maximum absolute atomic E-state index is 13.6. The zero-order valence-corrected chi connectivity index (χ0v) is 19.4. The second-order valence-corrected chi connectivity index (χ2v) is 10.1. The monoisotopic (exact) mass is 470 g/mol. The fraction of sp³-hybridized carbons (Fsp3) is 0.333. The lowest BCUT2D eigenvalue weighted by molar-refractivity contribution is 0.0600. The molecule has 1 aliphatic rings. The van der Waals surface area contributed by atoms with Crippen LogP contribution in [-0.2, 0) is 26.0 Å². The summed E-state index contributed by atoms with van der Waals surface area (Å²) in [7, 11) is -2.80. The van der Waals surface area contributed by atoms with Crippen LogP contribution in [0.2, 0.25) is 0 Å². The Labute approximate surface area is 192 Å². The molecule has 0 unspecified atom stereocenters. The molecule has 0 radical (unpaired) electrons. The number of aromatic nitrogens is 1. The molecule has 0 amide bonds. The summed E-state index contributed by atoms with van der Waals surface area (Å²) in [5.74, 6) is -0.626. The van der Waals surface area contributed by atoms with Crippen molar-refractivity contribution in [3.05, 3.63) is 75.6 Å². The topological polar surface area (TPSA) is 106 Å². The Balaban J connectivity index is 1.74. The van der Waals surface area contributed by atoms with E-state index in [1.54, 1.807) is 6.07 Å². The molecule has 33 heavy (non-hydrogen) atoms. The van der Waals surface area contributed by atoms with Crippen molar-refractivity contribution in [2.75, 3.05) is 20.3 Å². The molecule has 2 heterocycles. The quantitative estimate of drug-likeness (QED) is 0.532. The zero-order chi connectivity index (χ0) is 23.6. The number of nitrogens with zero attached hydrogens (tertiary/aromatic N) is 1. The van der Waals surface area contributed by atoms with E-state index in [2.05, 4.69) is 4.98 Å². The van der Waals surface area contributed by atoms with E-state index in [4.69, 9.17) is 9.47 Å². The molecule has 3 aromatic rings. The number of H-pyrrole nitrogens is 1. The van der Waals surface area contributed by atoms with E-state index < -0.39 is 16.0 Å². The van der Waals surface area contributed by atoms with Gasteiger partial charge in [0, 0.05) is 30.8 Å². The fourth-order valence-corrected chi connectivity index (χ4v) is 5.49. The largest absolute Gasteiger partial charge is 0.465 e. The van der Waals surface area contributed by atoms with Crippen LogP contribution in [0.1, 0.15) is 34.3 Å². The molecule has 1 N–H and O–H groups in total. The molecule has 9 heteroatoms. The molecule has 1 atom stereocenters. The summed E-state index contributed by atoms with van der Waals surface area (Å²) in [6.07, 6.45) is 1.33. The van der Waals surface area contributed by atoms with Crippen molar-refractivity contribution in [3.63, 3.8) is 0 Å². The van der Waals surface area contributed by atoms with Gasteiger partial charge in [-0.2, -0.15) is 4.31 Å². The number of benzene rings is 2. The highest BCUT2D eigenvalue weighted by atomic mass is 32.2. The maximum Gasteiger partial charge on any atom is 0.337 e. The SMILES string of the molecule is COC(=O)c1cccc(S(=O)(=O)N(Cc2cc3cc(C)ccc3[nH]c2=O)C[C@H]2CCCO2)c1. The molecule has 1 aliphatic heterocycles. The van der Waals surface area contributed by atoms with Crippen LogP contribution in [0.5, 0.6) is 0 Å². The summed E-state index contributed by atoms with van der Waals surface area (Å²) in [4.78, 5) is 27.5. The number of esters is 1. The zero-order valence-electron chi connectivity index (χ0n) is 18.5. The molecule has 0 saturated carbocycles. The van der Waals surface area contributed by atoms with Gasteiger partial charge in [0.2, 0.25) is 10.0 Å². The molecule has 0 bridgehead atoms. The molecule has 8 nitrogen and oxygen atoms in total. The molecule has 0 spiro atoms. The van der Waals surface area contributed by atoms with Gasteiger partial charge in [-0.25, -0.2) is 13.2 Å². The van der Waals surface area contributed by atoms with Crippen molar-refractivity contribution in [1.82, 2.24) is 9.29 Å². The number of aryl methyl sites for hydroxylation is 1. The van der Waals surface area contributed by atoms with Crippen LogP contribution >= 0.6 is 0 Å². The first kappa shape index (κ1) is 23.2. The maximum atomic E-state index is 13.6. The Hall–Kier alpha value is -3.01. The Morgan fingerprint density at radius 2 is 2.03 bits per heavy atom. The van der Waals surface area contributed by atoms with Crippen LogP contribution in [0, 0.1) is 6.92 Å². The molecular formula is C24H26N2O6S. The Kier molecular flexibility index (Phi) is 6.64. The summed E-state index contributed by atoms with van der Waals surface area (Å²) in [5, 5.41) is 0.826. The minimum atomic E-state index is -4.04. The number of carbonyl (C=O) groups excluding carboxylic acids is 1. The van der Waals surface area contributed by atoms with E-state index in [9.17, 15) is 18.0 Å². The lowest BCUT2D eigenvalue weighted by atomic mass is 10.1. The minimum Gasteiger partial charge on any atom is -0.465 e. The van der Waals surface area contributed by atoms with Crippen LogP contribution in [0.25, 0.3) is 10.9 Å². The highest BCUT2D eigenvalue weighted by Crippen LogP contribution is 2.23. The lowest BCUT2D eigenvalue weighted by Gasteiger charge is -2.25. The second kappa shape index (κ2) is 9.46. The summed E-state index contributed by atoms with van der Waals surface area (Å²) < 4.78 is 38.9. The number of pyridine rings is 1. The van der Waals surface area contributed by atoms with Gasteiger partial charge in [-0.1, -0.05) is 17.7 Å². The first-order chi connectivity index (χ1) is 15.8. The molecule has 1 saturated heterocycles.